The second-order valence-electron chi connectivity index (χ2n) is 4.68. The van der Waals surface area contributed by atoms with E-state index >= 15 is 0 Å². The van der Waals surface area contributed by atoms with Gasteiger partial charge < -0.3 is 10.6 Å². The van der Waals surface area contributed by atoms with Crippen LogP contribution in [0.2, 0.25) is 0 Å². The molecule has 16 heavy (non-hydrogen) atoms. The van der Waals surface area contributed by atoms with Gasteiger partial charge in [0.1, 0.15) is 0 Å². The Kier molecular flexibility index (Phi) is 8.13. The van der Waals surface area contributed by atoms with E-state index in [4.69, 9.17) is 0 Å². The standard InChI is InChI=1S/C13H26N2O/c16-13-9-6-4-2-1-3-5-7-10-14-11-8-12-15-13/h14H,1-12H2,(H,15,16). The quantitative estimate of drug-likeness (QED) is 0.665. The number of nitrogens with one attached hydrogen (secondary N) is 2. The van der Waals surface area contributed by atoms with Gasteiger partial charge >= 0.3 is 0 Å². The molecule has 0 unspecified atom stereocenters. The van der Waals surface area contributed by atoms with E-state index in [0.29, 0.717) is 6.42 Å². The molecule has 1 fully saturated rings. The van der Waals surface area contributed by atoms with E-state index in [2.05, 4.69) is 10.6 Å². The van der Waals surface area contributed by atoms with Crippen molar-refractivity contribution in [1.82, 2.24) is 10.6 Å². The molecular formula is C13H26N2O. The van der Waals surface area contributed by atoms with Gasteiger partial charge in [-0.1, -0.05) is 32.1 Å². The second-order valence-corrected chi connectivity index (χ2v) is 4.68. The van der Waals surface area contributed by atoms with Gasteiger partial charge in [0.25, 0.3) is 0 Å². The van der Waals surface area contributed by atoms with Crippen LogP contribution in [0.25, 0.3) is 0 Å². The van der Waals surface area contributed by atoms with Gasteiger partial charge in [-0.2, -0.15) is 0 Å². The van der Waals surface area contributed by atoms with Crippen LogP contribution in [0.15, 0.2) is 0 Å². The fourth-order valence-electron chi connectivity index (χ4n) is 2.07. The van der Waals surface area contributed by atoms with Crippen molar-refractivity contribution >= 4 is 5.91 Å². The van der Waals surface area contributed by atoms with E-state index in [0.717, 1.165) is 32.5 Å². The normalized spacial score (nSPS) is 22.9. The molecule has 1 heterocycles. The second kappa shape index (κ2) is 9.64. The fourth-order valence-corrected chi connectivity index (χ4v) is 2.07. The molecule has 0 spiro atoms. The molecule has 0 radical (unpaired) electrons. The molecule has 0 atom stereocenters. The van der Waals surface area contributed by atoms with Crippen molar-refractivity contribution in [3.05, 3.63) is 0 Å². The van der Waals surface area contributed by atoms with Crippen molar-refractivity contribution in [3.63, 3.8) is 0 Å². The SMILES string of the molecule is O=C1CCCCCCCCCNCCCN1. The molecule has 0 aliphatic carbocycles. The Bertz CT molecular complexity index is 165. The van der Waals surface area contributed by atoms with E-state index in [1.54, 1.807) is 0 Å². The highest BCUT2D eigenvalue weighted by molar-refractivity contribution is 5.75. The van der Waals surface area contributed by atoms with E-state index in [1.807, 2.05) is 0 Å². The molecule has 0 saturated carbocycles. The zero-order valence-corrected chi connectivity index (χ0v) is 10.4. The maximum atomic E-state index is 11.4. The maximum Gasteiger partial charge on any atom is 0.219 e. The number of hydrogen-bond acceptors (Lipinski definition) is 2. The predicted molar refractivity (Wildman–Crippen MR) is 67.4 cm³/mol. The van der Waals surface area contributed by atoms with Crippen LogP contribution in [-0.4, -0.2) is 25.5 Å². The lowest BCUT2D eigenvalue weighted by Gasteiger charge is -2.05. The van der Waals surface area contributed by atoms with Crippen LogP contribution in [-0.2, 0) is 4.79 Å². The van der Waals surface area contributed by atoms with Crippen molar-refractivity contribution in [1.29, 1.82) is 0 Å². The first-order valence-corrected chi connectivity index (χ1v) is 6.87. The molecular weight excluding hydrogens is 200 g/mol. The van der Waals surface area contributed by atoms with Gasteiger partial charge in [0.2, 0.25) is 5.91 Å². The molecule has 3 nitrogen and oxygen atoms in total. The maximum absolute atomic E-state index is 11.4. The summed E-state index contributed by atoms with van der Waals surface area (Å²) in [5, 5.41) is 6.39. The summed E-state index contributed by atoms with van der Waals surface area (Å²) in [7, 11) is 0. The topological polar surface area (TPSA) is 41.1 Å². The van der Waals surface area contributed by atoms with Gasteiger partial charge in [-0.15, -0.1) is 0 Å². The zero-order chi connectivity index (χ0) is 11.5. The molecule has 0 aromatic carbocycles. The van der Waals surface area contributed by atoms with Gasteiger partial charge in [0.15, 0.2) is 0 Å². The van der Waals surface area contributed by atoms with Gasteiger partial charge in [-0.05, 0) is 32.4 Å². The van der Waals surface area contributed by atoms with Crippen LogP contribution in [0.3, 0.4) is 0 Å². The van der Waals surface area contributed by atoms with E-state index in [9.17, 15) is 4.79 Å². The molecule has 1 aliphatic rings. The molecule has 1 amide bonds. The molecule has 0 aromatic heterocycles. The summed E-state index contributed by atoms with van der Waals surface area (Å²) in [4.78, 5) is 11.4. The van der Waals surface area contributed by atoms with Crippen molar-refractivity contribution in [2.45, 2.75) is 57.8 Å². The van der Waals surface area contributed by atoms with Crippen LogP contribution in [0.1, 0.15) is 57.8 Å². The van der Waals surface area contributed by atoms with Crippen molar-refractivity contribution < 1.29 is 4.79 Å². The van der Waals surface area contributed by atoms with Crippen LogP contribution in [0, 0.1) is 0 Å². The number of amides is 1. The molecule has 2 N–H and O–H groups in total. The summed E-state index contributed by atoms with van der Waals surface area (Å²) >= 11 is 0. The van der Waals surface area contributed by atoms with Crippen molar-refractivity contribution in [2.24, 2.45) is 0 Å². The van der Waals surface area contributed by atoms with Gasteiger partial charge in [-0.25, -0.2) is 0 Å². The molecule has 1 aliphatic heterocycles. The number of carbonyl (C=O) groups is 1. The average Bonchev–Trinajstić information content (AvgIpc) is 2.29. The Balaban J connectivity index is 2.13. The average molecular weight is 226 g/mol. The summed E-state index contributed by atoms with van der Waals surface area (Å²) in [6, 6.07) is 0. The molecule has 0 aromatic rings. The largest absolute Gasteiger partial charge is 0.356 e. The van der Waals surface area contributed by atoms with Crippen LogP contribution in [0.4, 0.5) is 0 Å². The van der Waals surface area contributed by atoms with Gasteiger partial charge in [-0.3, -0.25) is 4.79 Å². The lowest BCUT2D eigenvalue weighted by atomic mass is 10.1. The molecule has 3 heteroatoms. The first-order valence-electron chi connectivity index (χ1n) is 6.87. The molecule has 0 bridgehead atoms. The first-order chi connectivity index (χ1) is 7.89. The highest BCUT2D eigenvalue weighted by atomic mass is 16.1. The monoisotopic (exact) mass is 226 g/mol. The lowest BCUT2D eigenvalue weighted by Crippen LogP contribution is -2.27. The summed E-state index contributed by atoms with van der Waals surface area (Å²) in [6.45, 7) is 2.99. The third kappa shape index (κ3) is 7.69. The van der Waals surface area contributed by atoms with Crippen molar-refractivity contribution in [3.8, 4) is 0 Å². The van der Waals surface area contributed by atoms with Crippen molar-refractivity contribution in [2.75, 3.05) is 19.6 Å². The summed E-state index contributed by atoms with van der Waals surface area (Å²) in [6.07, 6.45) is 10.7. The first kappa shape index (κ1) is 13.5. The Morgan fingerprint density at radius 3 is 2.12 bits per heavy atom. The number of hydrogen-bond donors (Lipinski definition) is 2. The fraction of sp³-hybridized carbons (Fsp3) is 0.923. The number of carbonyl (C=O) groups excluding carboxylic acids is 1. The summed E-state index contributed by atoms with van der Waals surface area (Å²) < 4.78 is 0. The van der Waals surface area contributed by atoms with Crippen LogP contribution in [0.5, 0.6) is 0 Å². The Labute approximate surface area is 99.4 Å². The molecule has 94 valence electrons. The van der Waals surface area contributed by atoms with Crippen LogP contribution >= 0.6 is 0 Å². The van der Waals surface area contributed by atoms with Gasteiger partial charge in [0.05, 0.1) is 0 Å². The minimum absolute atomic E-state index is 0.231. The third-order valence-corrected chi connectivity index (χ3v) is 3.11. The smallest absolute Gasteiger partial charge is 0.219 e. The summed E-state index contributed by atoms with van der Waals surface area (Å²) in [5.74, 6) is 0.231. The van der Waals surface area contributed by atoms with E-state index in [-0.39, 0.29) is 5.91 Å². The lowest BCUT2D eigenvalue weighted by molar-refractivity contribution is -0.121. The number of rotatable bonds is 0. The highest BCUT2D eigenvalue weighted by Gasteiger charge is 2.01. The Morgan fingerprint density at radius 1 is 0.688 bits per heavy atom. The molecule has 1 saturated heterocycles. The minimum atomic E-state index is 0.231. The predicted octanol–water partition coefficient (Wildman–Crippen LogP) is 2.22. The summed E-state index contributed by atoms with van der Waals surface area (Å²) in [5.41, 5.74) is 0. The van der Waals surface area contributed by atoms with Gasteiger partial charge in [0, 0.05) is 13.0 Å². The third-order valence-electron chi connectivity index (χ3n) is 3.11. The highest BCUT2D eigenvalue weighted by Crippen LogP contribution is 2.08. The van der Waals surface area contributed by atoms with Crippen LogP contribution < -0.4 is 10.6 Å². The van der Waals surface area contributed by atoms with E-state index in [1.165, 1.54) is 38.5 Å². The zero-order valence-electron chi connectivity index (χ0n) is 10.4. The molecule has 1 rings (SSSR count). The Hall–Kier alpha value is -0.570. The Morgan fingerprint density at radius 2 is 1.31 bits per heavy atom. The minimum Gasteiger partial charge on any atom is -0.356 e. The van der Waals surface area contributed by atoms with E-state index < -0.39 is 0 Å².